The van der Waals surface area contributed by atoms with Gasteiger partial charge in [-0.15, -0.1) is 4.72 Å². The van der Waals surface area contributed by atoms with Crippen LogP contribution >= 0.6 is 0 Å². The molecule has 1 saturated carbocycles. The summed E-state index contributed by atoms with van der Waals surface area (Å²) in [4.78, 5) is 2.51. The lowest BCUT2D eigenvalue weighted by molar-refractivity contribution is 0.447. The van der Waals surface area contributed by atoms with E-state index in [2.05, 4.69) is 34.7 Å². The summed E-state index contributed by atoms with van der Waals surface area (Å²) < 4.78 is 21.9. The van der Waals surface area contributed by atoms with Gasteiger partial charge in [-0.1, -0.05) is 12.1 Å². The first-order valence-electron chi connectivity index (χ1n) is 9.82. The molecule has 4 nitrogen and oxygen atoms in total. The average molecular weight is 387 g/mol. The Kier molecular flexibility index (Phi) is 4.81. The molecule has 2 fully saturated rings. The molecular formula is C22H30N2O2S. The summed E-state index contributed by atoms with van der Waals surface area (Å²) in [6.45, 7) is 12.3. The first kappa shape index (κ1) is 18.9. The van der Waals surface area contributed by atoms with E-state index in [-0.39, 0.29) is 10.8 Å². The van der Waals surface area contributed by atoms with Crippen molar-refractivity contribution in [2.45, 2.75) is 51.8 Å². The minimum absolute atomic E-state index is 0.230. The molecule has 2 aliphatic rings. The molecule has 1 aromatic heterocycles. The highest BCUT2D eigenvalue weighted by molar-refractivity contribution is 7.90. The van der Waals surface area contributed by atoms with Crippen molar-refractivity contribution >= 4 is 17.0 Å². The first-order chi connectivity index (χ1) is 12.7. The Labute approximate surface area is 165 Å². The predicted molar refractivity (Wildman–Crippen MR) is 111 cm³/mol. The van der Waals surface area contributed by atoms with Crippen LogP contribution in [0.15, 0.2) is 34.7 Å². The number of hydrogen-bond acceptors (Lipinski definition) is 4. The zero-order valence-corrected chi connectivity index (χ0v) is 17.7. The molecule has 1 aliphatic carbocycles. The number of rotatable bonds is 5. The molecule has 1 aliphatic heterocycles. The van der Waals surface area contributed by atoms with Gasteiger partial charge in [0.15, 0.2) is 0 Å². The number of hydrogen-bond donors (Lipinski definition) is 1. The van der Waals surface area contributed by atoms with Crippen LogP contribution in [-0.2, 0) is 11.4 Å². The highest BCUT2D eigenvalue weighted by Gasteiger charge is 2.46. The Morgan fingerprint density at radius 2 is 1.85 bits per heavy atom. The topological polar surface area (TPSA) is 51.5 Å². The van der Waals surface area contributed by atoms with Crippen LogP contribution in [0.1, 0.15) is 55.9 Å². The minimum Gasteiger partial charge on any atom is -0.598 e. The summed E-state index contributed by atoms with van der Waals surface area (Å²) >= 11 is -1.20. The van der Waals surface area contributed by atoms with Crippen LogP contribution < -0.4 is 9.62 Å². The van der Waals surface area contributed by atoms with E-state index in [0.29, 0.717) is 0 Å². The number of fused-ring (bicyclic) bond motifs is 1. The summed E-state index contributed by atoms with van der Waals surface area (Å²) in [6.07, 6.45) is 1.38. The highest BCUT2D eigenvalue weighted by Crippen LogP contribution is 2.47. The third-order valence-electron chi connectivity index (χ3n) is 5.64. The maximum atomic E-state index is 12.9. The number of furan rings is 1. The molecule has 4 unspecified atom stereocenters. The molecule has 4 rings (SSSR count). The molecule has 27 heavy (non-hydrogen) atoms. The van der Waals surface area contributed by atoms with E-state index < -0.39 is 11.4 Å². The Hall–Kier alpha value is -1.43. The fourth-order valence-corrected chi connectivity index (χ4v) is 4.74. The van der Waals surface area contributed by atoms with Crippen LogP contribution in [0.5, 0.6) is 0 Å². The molecule has 0 bridgehead atoms. The largest absolute Gasteiger partial charge is 0.598 e. The van der Waals surface area contributed by atoms with E-state index in [0.717, 1.165) is 42.0 Å². The standard InChI is InChI=1S/C22H30N2O2S/c1-14-6-8-18(19(10-14)24-12-16-11-17(16)13-24)21(20-9-7-15(2)26-20)23-27(25)22(3,4)5/h6-10,16-17,21,23H,11-13H2,1-5H3. The number of nitrogens with zero attached hydrogens (tertiary/aromatic N) is 1. The van der Waals surface area contributed by atoms with Crippen molar-refractivity contribution in [1.82, 2.24) is 4.72 Å². The van der Waals surface area contributed by atoms with E-state index in [1.54, 1.807) is 0 Å². The van der Waals surface area contributed by atoms with Crippen LogP contribution in [0.2, 0.25) is 0 Å². The summed E-state index contributed by atoms with van der Waals surface area (Å²) in [5.74, 6) is 3.41. The zero-order chi connectivity index (χ0) is 19.3. The van der Waals surface area contributed by atoms with Crippen molar-refractivity contribution in [3.05, 3.63) is 53.0 Å². The van der Waals surface area contributed by atoms with Crippen LogP contribution in [0.4, 0.5) is 5.69 Å². The summed E-state index contributed by atoms with van der Waals surface area (Å²) in [7, 11) is 0. The second-order valence-electron chi connectivity index (χ2n) is 9.10. The van der Waals surface area contributed by atoms with Crippen LogP contribution in [0.25, 0.3) is 0 Å². The molecule has 2 aromatic rings. The first-order valence-corrected chi connectivity index (χ1v) is 11.0. The monoisotopic (exact) mass is 386 g/mol. The second kappa shape index (κ2) is 6.87. The van der Waals surface area contributed by atoms with Gasteiger partial charge in [-0.2, -0.15) is 0 Å². The molecule has 0 spiro atoms. The molecule has 0 amide bonds. The Balaban J connectivity index is 1.73. The lowest BCUT2D eigenvalue weighted by atomic mass is 10.0. The van der Waals surface area contributed by atoms with Gasteiger partial charge in [0.25, 0.3) is 0 Å². The van der Waals surface area contributed by atoms with Crippen LogP contribution in [0.3, 0.4) is 0 Å². The summed E-state index contributed by atoms with van der Waals surface area (Å²) in [5.41, 5.74) is 3.65. The molecule has 5 heteroatoms. The predicted octanol–water partition coefficient (Wildman–Crippen LogP) is 4.49. The number of nitrogens with one attached hydrogen (secondary N) is 1. The molecule has 1 saturated heterocycles. The van der Waals surface area contributed by atoms with Crippen LogP contribution in [-0.4, -0.2) is 22.4 Å². The molecule has 146 valence electrons. The third-order valence-corrected chi connectivity index (χ3v) is 7.21. The smallest absolute Gasteiger partial charge is 0.137 e. The van der Waals surface area contributed by atoms with E-state index in [1.165, 1.54) is 17.7 Å². The van der Waals surface area contributed by atoms with E-state index in [9.17, 15) is 4.55 Å². The maximum absolute atomic E-state index is 12.9. The van der Waals surface area contributed by atoms with E-state index in [1.807, 2.05) is 39.8 Å². The number of aryl methyl sites for hydroxylation is 2. The molecular weight excluding hydrogens is 356 g/mol. The zero-order valence-electron chi connectivity index (χ0n) is 16.9. The third kappa shape index (κ3) is 3.91. The van der Waals surface area contributed by atoms with E-state index >= 15 is 0 Å². The van der Waals surface area contributed by atoms with Gasteiger partial charge < -0.3 is 13.9 Å². The molecule has 0 radical (unpaired) electrons. The van der Waals surface area contributed by atoms with Gasteiger partial charge >= 0.3 is 0 Å². The lowest BCUT2D eigenvalue weighted by Gasteiger charge is -2.30. The van der Waals surface area contributed by atoms with Crippen molar-refractivity contribution in [3.63, 3.8) is 0 Å². The van der Waals surface area contributed by atoms with Gasteiger partial charge in [-0.05, 0) is 76.6 Å². The van der Waals surface area contributed by atoms with Crippen molar-refractivity contribution in [2.75, 3.05) is 18.0 Å². The second-order valence-corrected chi connectivity index (χ2v) is 11.1. The van der Waals surface area contributed by atoms with Gasteiger partial charge in [-0.3, -0.25) is 0 Å². The van der Waals surface area contributed by atoms with Crippen molar-refractivity contribution in [3.8, 4) is 0 Å². The van der Waals surface area contributed by atoms with Gasteiger partial charge in [0.05, 0.1) is 0 Å². The van der Waals surface area contributed by atoms with Crippen molar-refractivity contribution in [2.24, 2.45) is 11.8 Å². The Morgan fingerprint density at radius 1 is 1.15 bits per heavy atom. The number of benzene rings is 1. The van der Waals surface area contributed by atoms with Crippen molar-refractivity contribution in [1.29, 1.82) is 0 Å². The van der Waals surface area contributed by atoms with Gasteiger partial charge in [0, 0.05) is 35.7 Å². The Morgan fingerprint density at radius 3 is 2.44 bits per heavy atom. The number of anilines is 1. The van der Waals surface area contributed by atoms with Crippen molar-refractivity contribution < 1.29 is 8.97 Å². The molecule has 1 aromatic carbocycles. The maximum Gasteiger partial charge on any atom is 0.137 e. The van der Waals surface area contributed by atoms with E-state index in [4.69, 9.17) is 4.42 Å². The van der Waals surface area contributed by atoms with Gasteiger partial charge in [0.2, 0.25) is 0 Å². The SMILES string of the molecule is Cc1ccc(C(N[S+]([O-])C(C)(C)C)c2ccc(C)o2)c(N2CC3CC3C2)c1. The normalized spacial score (nSPS) is 24.0. The van der Waals surface area contributed by atoms with Gasteiger partial charge in [-0.25, -0.2) is 0 Å². The summed E-state index contributed by atoms with van der Waals surface area (Å²) in [5, 5.41) is 0. The Bertz CT molecular complexity index is 816. The fourth-order valence-electron chi connectivity index (χ4n) is 3.93. The summed E-state index contributed by atoms with van der Waals surface area (Å²) in [6, 6.07) is 10.3. The minimum atomic E-state index is -1.20. The highest BCUT2D eigenvalue weighted by atomic mass is 32.2. The molecule has 2 heterocycles. The average Bonchev–Trinajstić information content (AvgIpc) is 3.00. The van der Waals surface area contributed by atoms with Gasteiger partial charge in [0.1, 0.15) is 22.3 Å². The lowest BCUT2D eigenvalue weighted by Crippen LogP contribution is -2.42. The fraction of sp³-hybridized carbons (Fsp3) is 0.545. The number of piperidine rings is 1. The quantitative estimate of drug-likeness (QED) is 0.769. The molecule has 1 N–H and O–H groups in total. The van der Waals surface area contributed by atoms with Crippen LogP contribution in [0, 0.1) is 25.7 Å². The molecule has 4 atom stereocenters.